The van der Waals surface area contributed by atoms with Gasteiger partial charge in [0.05, 0.1) is 5.60 Å². The number of thioether (sulfide) groups is 1. The van der Waals surface area contributed by atoms with Crippen LogP contribution >= 0.6 is 11.8 Å². The summed E-state index contributed by atoms with van der Waals surface area (Å²) in [6.45, 7) is 7.15. The maximum absolute atomic E-state index is 6.19. The van der Waals surface area contributed by atoms with E-state index in [1.165, 1.54) is 69.7 Å². The average Bonchev–Trinajstić information content (AvgIpc) is 2.92. The highest BCUT2D eigenvalue weighted by Crippen LogP contribution is 2.37. The molecule has 3 aliphatic heterocycles. The van der Waals surface area contributed by atoms with Gasteiger partial charge in [-0.15, -0.1) is 0 Å². The fourth-order valence-electron chi connectivity index (χ4n) is 4.07. The summed E-state index contributed by atoms with van der Waals surface area (Å²) in [5.74, 6) is 2.58. The lowest BCUT2D eigenvalue weighted by Crippen LogP contribution is -2.52. The summed E-state index contributed by atoms with van der Waals surface area (Å²) in [5.41, 5.74) is 0.217. The normalized spacial score (nSPS) is 32.5. The first-order valence-electron chi connectivity index (χ1n) is 8.46. The highest BCUT2D eigenvalue weighted by molar-refractivity contribution is 7.99. The molecule has 0 aromatic carbocycles. The van der Waals surface area contributed by atoms with E-state index in [-0.39, 0.29) is 5.60 Å². The van der Waals surface area contributed by atoms with Crippen molar-refractivity contribution >= 4 is 11.8 Å². The van der Waals surface area contributed by atoms with Crippen LogP contribution in [0.15, 0.2) is 0 Å². The van der Waals surface area contributed by atoms with Gasteiger partial charge in [-0.3, -0.25) is 0 Å². The van der Waals surface area contributed by atoms with Gasteiger partial charge in [0.2, 0.25) is 0 Å². The van der Waals surface area contributed by atoms with Crippen LogP contribution in [-0.4, -0.2) is 60.3 Å². The first kappa shape index (κ1) is 15.1. The molecule has 0 aromatic heterocycles. The summed E-state index contributed by atoms with van der Waals surface area (Å²) in [6.07, 6.45) is 7.74. The maximum atomic E-state index is 6.19. The molecule has 20 heavy (non-hydrogen) atoms. The van der Waals surface area contributed by atoms with Crippen molar-refractivity contribution in [3.05, 3.63) is 0 Å². The van der Waals surface area contributed by atoms with Crippen LogP contribution in [0, 0.1) is 0 Å². The maximum Gasteiger partial charge on any atom is 0.0713 e. The number of nitrogens with zero attached hydrogens (tertiary/aromatic N) is 1. The third kappa shape index (κ3) is 3.90. The number of hydrogen-bond donors (Lipinski definition) is 1. The van der Waals surface area contributed by atoms with Crippen molar-refractivity contribution < 1.29 is 4.74 Å². The second-order valence-corrected chi connectivity index (χ2v) is 8.13. The van der Waals surface area contributed by atoms with E-state index >= 15 is 0 Å². The minimum Gasteiger partial charge on any atom is -0.375 e. The van der Waals surface area contributed by atoms with E-state index < -0.39 is 0 Å². The number of ether oxygens (including phenoxy) is 1. The van der Waals surface area contributed by atoms with Crippen molar-refractivity contribution in [1.29, 1.82) is 0 Å². The van der Waals surface area contributed by atoms with Crippen molar-refractivity contribution in [2.24, 2.45) is 0 Å². The smallest absolute Gasteiger partial charge is 0.0713 e. The molecule has 3 heterocycles. The summed E-state index contributed by atoms with van der Waals surface area (Å²) in [6, 6.07) is 1.29. The van der Waals surface area contributed by atoms with Crippen molar-refractivity contribution in [3.63, 3.8) is 0 Å². The molecule has 4 heteroatoms. The van der Waals surface area contributed by atoms with Crippen LogP contribution in [0.3, 0.4) is 0 Å². The van der Waals surface area contributed by atoms with E-state index in [1.807, 2.05) is 0 Å². The first-order valence-corrected chi connectivity index (χ1v) is 9.61. The third-order valence-corrected chi connectivity index (χ3v) is 6.13. The Morgan fingerprint density at radius 3 is 2.80 bits per heavy atom. The lowest BCUT2D eigenvalue weighted by molar-refractivity contribution is -0.0942. The molecule has 0 radical (unpaired) electrons. The lowest BCUT2D eigenvalue weighted by atomic mass is 9.85. The lowest BCUT2D eigenvalue weighted by Gasteiger charge is -2.44. The largest absolute Gasteiger partial charge is 0.375 e. The highest BCUT2D eigenvalue weighted by atomic mass is 32.2. The Bertz CT molecular complexity index is 295. The molecule has 2 unspecified atom stereocenters. The highest BCUT2D eigenvalue weighted by Gasteiger charge is 2.38. The predicted octanol–water partition coefficient (Wildman–Crippen LogP) is 2.51. The predicted molar refractivity (Wildman–Crippen MR) is 86.5 cm³/mol. The van der Waals surface area contributed by atoms with E-state index in [2.05, 4.69) is 28.9 Å². The summed E-state index contributed by atoms with van der Waals surface area (Å²) >= 11 is 2.09. The van der Waals surface area contributed by atoms with Gasteiger partial charge in [-0.1, -0.05) is 0 Å². The molecule has 3 aliphatic rings. The molecular formula is C16H30N2OS. The molecule has 2 atom stereocenters. The molecule has 0 aliphatic carbocycles. The fraction of sp³-hybridized carbons (Fsp3) is 1.00. The Hall–Kier alpha value is 0.230. The zero-order valence-corrected chi connectivity index (χ0v) is 13.7. The molecule has 3 saturated heterocycles. The van der Waals surface area contributed by atoms with Crippen LogP contribution in [-0.2, 0) is 4.74 Å². The van der Waals surface area contributed by atoms with Crippen LogP contribution in [0.4, 0.5) is 0 Å². The number of hydrogen-bond acceptors (Lipinski definition) is 4. The molecule has 0 saturated carbocycles. The Labute approximate surface area is 128 Å². The standard InChI is InChI=1S/C16H30N2OS/c1-14(13-18-7-2-3-8-18)17-15-4-9-19-16(12-15)5-10-20-11-6-16/h14-15,17H,2-13H2,1H3. The average molecular weight is 298 g/mol. The number of likely N-dealkylation sites (tertiary alicyclic amines) is 1. The van der Waals surface area contributed by atoms with E-state index in [4.69, 9.17) is 4.74 Å². The summed E-state index contributed by atoms with van der Waals surface area (Å²) in [4.78, 5) is 2.62. The van der Waals surface area contributed by atoms with Gasteiger partial charge in [-0.05, 0) is 70.0 Å². The Morgan fingerprint density at radius 2 is 2.05 bits per heavy atom. The zero-order chi connectivity index (χ0) is 13.8. The van der Waals surface area contributed by atoms with Gasteiger partial charge in [0.1, 0.15) is 0 Å². The molecule has 0 amide bonds. The van der Waals surface area contributed by atoms with Crippen LogP contribution in [0.1, 0.15) is 45.4 Å². The number of rotatable bonds is 4. The third-order valence-electron chi connectivity index (χ3n) is 5.15. The molecule has 0 bridgehead atoms. The second-order valence-electron chi connectivity index (χ2n) is 6.91. The van der Waals surface area contributed by atoms with Crippen LogP contribution in [0.25, 0.3) is 0 Å². The molecule has 3 fully saturated rings. The molecule has 116 valence electrons. The van der Waals surface area contributed by atoms with Crippen molar-refractivity contribution in [3.8, 4) is 0 Å². The summed E-state index contributed by atoms with van der Waals surface area (Å²) < 4.78 is 6.19. The Kier molecular flexibility index (Phi) is 5.29. The Balaban J connectivity index is 1.46. The van der Waals surface area contributed by atoms with Crippen LogP contribution in [0.2, 0.25) is 0 Å². The van der Waals surface area contributed by atoms with Gasteiger partial charge in [0.25, 0.3) is 0 Å². The molecule has 0 aromatic rings. The van der Waals surface area contributed by atoms with E-state index in [0.29, 0.717) is 12.1 Å². The van der Waals surface area contributed by atoms with Crippen molar-refractivity contribution in [2.75, 3.05) is 37.7 Å². The summed E-state index contributed by atoms with van der Waals surface area (Å²) in [5, 5.41) is 3.89. The molecule has 1 spiro atoms. The van der Waals surface area contributed by atoms with Gasteiger partial charge < -0.3 is 15.0 Å². The zero-order valence-electron chi connectivity index (χ0n) is 12.9. The monoisotopic (exact) mass is 298 g/mol. The van der Waals surface area contributed by atoms with Crippen LogP contribution < -0.4 is 5.32 Å². The summed E-state index contributed by atoms with van der Waals surface area (Å²) in [7, 11) is 0. The van der Waals surface area contributed by atoms with Gasteiger partial charge in [-0.25, -0.2) is 0 Å². The first-order chi connectivity index (χ1) is 9.76. The molecule has 1 N–H and O–H groups in total. The van der Waals surface area contributed by atoms with Gasteiger partial charge in [0, 0.05) is 25.2 Å². The van der Waals surface area contributed by atoms with Gasteiger partial charge in [0.15, 0.2) is 0 Å². The molecule has 3 nitrogen and oxygen atoms in total. The number of nitrogens with one attached hydrogen (secondary N) is 1. The minimum absolute atomic E-state index is 0.217. The fourth-order valence-corrected chi connectivity index (χ4v) is 5.31. The SMILES string of the molecule is CC(CN1CCCC1)NC1CCOC2(CCSCC2)C1. The van der Waals surface area contributed by atoms with Crippen molar-refractivity contribution in [1.82, 2.24) is 10.2 Å². The van der Waals surface area contributed by atoms with Crippen LogP contribution in [0.5, 0.6) is 0 Å². The van der Waals surface area contributed by atoms with E-state index in [9.17, 15) is 0 Å². The van der Waals surface area contributed by atoms with Gasteiger partial charge >= 0.3 is 0 Å². The van der Waals surface area contributed by atoms with Crippen molar-refractivity contribution in [2.45, 2.75) is 63.1 Å². The van der Waals surface area contributed by atoms with Gasteiger partial charge in [-0.2, -0.15) is 11.8 Å². The molecular weight excluding hydrogens is 268 g/mol. The minimum atomic E-state index is 0.217. The topological polar surface area (TPSA) is 24.5 Å². The van der Waals surface area contributed by atoms with E-state index in [1.54, 1.807) is 0 Å². The molecule has 3 rings (SSSR count). The quantitative estimate of drug-likeness (QED) is 0.862. The Morgan fingerprint density at radius 1 is 1.30 bits per heavy atom. The second kappa shape index (κ2) is 6.99. The van der Waals surface area contributed by atoms with E-state index in [0.717, 1.165) is 6.61 Å².